The number of benzene rings is 1. The molecule has 3 rings (SSSR count). The topological polar surface area (TPSA) is 115 Å². The molecule has 1 aromatic heterocycles. The van der Waals surface area contributed by atoms with Crippen LogP contribution >= 0.6 is 0 Å². The molecule has 1 aliphatic rings. The van der Waals surface area contributed by atoms with Crippen molar-refractivity contribution in [3.05, 3.63) is 30.0 Å². The number of hydrogen-bond acceptors (Lipinski definition) is 4. The minimum Gasteiger partial charge on any atom is -0.481 e. The fraction of sp³-hybridized carbons (Fsp3) is 0.412. The van der Waals surface area contributed by atoms with Gasteiger partial charge in [0.25, 0.3) is 5.91 Å². The molecule has 8 nitrogen and oxygen atoms in total. The van der Waals surface area contributed by atoms with E-state index in [4.69, 9.17) is 5.11 Å². The van der Waals surface area contributed by atoms with Gasteiger partial charge in [-0.1, -0.05) is 18.2 Å². The standard InChI is InChI=1S/C17H20N4O4/c22-14(21-9-6-11(7-10-21)17(24)25)5-8-18-16(23)15-12-3-1-2-4-13(12)19-20-15/h1-4,11H,5-10H2,(H,18,23)(H,19,20)(H,24,25). The molecule has 1 aromatic carbocycles. The van der Waals surface area contributed by atoms with Crippen molar-refractivity contribution in [3.8, 4) is 0 Å². The Morgan fingerprint density at radius 1 is 1.24 bits per heavy atom. The summed E-state index contributed by atoms with van der Waals surface area (Å²) in [6.45, 7) is 1.12. The highest BCUT2D eigenvalue weighted by atomic mass is 16.4. The fourth-order valence-electron chi connectivity index (χ4n) is 3.04. The highest BCUT2D eigenvalue weighted by Crippen LogP contribution is 2.18. The molecule has 3 N–H and O–H groups in total. The Morgan fingerprint density at radius 3 is 2.68 bits per heavy atom. The zero-order chi connectivity index (χ0) is 17.8. The first kappa shape index (κ1) is 16.9. The van der Waals surface area contributed by atoms with Crippen molar-refractivity contribution in [2.75, 3.05) is 19.6 Å². The number of H-pyrrole nitrogens is 1. The zero-order valence-electron chi connectivity index (χ0n) is 13.7. The van der Waals surface area contributed by atoms with Crippen molar-refractivity contribution in [3.63, 3.8) is 0 Å². The maximum absolute atomic E-state index is 12.2. The van der Waals surface area contributed by atoms with Crippen LogP contribution in [0.4, 0.5) is 0 Å². The largest absolute Gasteiger partial charge is 0.481 e. The van der Waals surface area contributed by atoms with Crippen LogP contribution in [0.5, 0.6) is 0 Å². The van der Waals surface area contributed by atoms with Gasteiger partial charge in [0, 0.05) is 31.4 Å². The van der Waals surface area contributed by atoms with Gasteiger partial charge in [-0.3, -0.25) is 19.5 Å². The summed E-state index contributed by atoms with van der Waals surface area (Å²) in [5, 5.41) is 19.2. The van der Waals surface area contributed by atoms with Crippen molar-refractivity contribution in [2.24, 2.45) is 5.92 Å². The van der Waals surface area contributed by atoms with Gasteiger partial charge in [-0.25, -0.2) is 0 Å². The molecule has 1 saturated heterocycles. The maximum atomic E-state index is 12.2. The molecule has 0 unspecified atom stereocenters. The number of para-hydroxylation sites is 1. The Bertz CT molecular complexity index is 793. The second-order valence-corrected chi connectivity index (χ2v) is 6.12. The second kappa shape index (κ2) is 7.33. The summed E-state index contributed by atoms with van der Waals surface area (Å²) in [5.74, 6) is -1.56. The minimum absolute atomic E-state index is 0.0731. The first-order valence-electron chi connectivity index (χ1n) is 8.28. The number of carbonyl (C=O) groups is 3. The number of nitrogens with one attached hydrogen (secondary N) is 2. The number of rotatable bonds is 5. The third-order valence-electron chi connectivity index (χ3n) is 4.51. The third kappa shape index (κ3) is 3.78. The Balaban J connectivity index is 1.47. The van der Waals surface area contributed by atoms with Crippen LogP contribution in [0.1, 0.15) is 29.8 Å². The molecule has 8 heteroatoms. The van der Waals surface area contributed by atoms with Gasteiger partial charge in [0.15, 0.2) is 5.69 Å². The Morgan fingerprint density at radius 2 is 1.96 bits per heavy atom. The number of piperidine rings is 1. The number of carbonyl (C=O) groups excluding carboxylic acids is 2. The van der Waals surface area contributed by atoms with Crippen molar-refractivity contribution < 1.29 is 19.5 Å². The molecule has 0 bridgehead atoms. The zero-order valence-corrected chi connectivity index (χ0v) is 13.7. The number of hydrogen-bond donors (Lipinski definition) is 3. The molecule has 2 amide bonds. The maximum Gasteiger partial charge on any atom is 0.306 e. The molecular weight excluding hydrogens is 324 g/mol. The molecule has 1 fully saturated rings. The number of amides is 2. The highest BCUT2D eigenvalue weighted by Gasteiger charge is 2.26. The van der Waals surface area contributed by atoms with Crippen LogP contribution in [0.25, 0.3) is 10.9 Å². The van der Waals surface area contributed by atoms with E-state index < -0.39 is 5.97 Å². The first-order valence-corrected chi connectivity index (χ1v) is 8.28. The van der Waals surface area contributed by atoms with Crippen molar-refractivity contribution in [1.29, 1.82) is 0 Å². The average Bonchev–Trinajstić information content (AvgIpc) is 3.05. The van der Waals surface area contributed by atoms with E-state index in [9.17, 15) is 14.4 Å². The number of aliphatic carboxylic acids is 1. The summed E-state index contributed by atoms with van der Waals surface area (Å²) in [4.78, 5) is 37.0. The fourth-order valence-corrected chi connectivity index (χ4v) is 3.04. The van der Waals surface area contributed by atoms with Gasteiger partial charge in [0.05, 0.1) is 11.4 Å². The Kier molecular flexibility index (Phi) is 4.97. The lowest BCUT2D eigenvalue weighted by Crippen LogP contribution is -2.41. The van der Waals surface area contributed by atoms with Crippen LogP contribution in [-0.4, -0.2) is 57.6 Å². The van der Waals surface area contributed by atoms with E-state index in [0.717, 1.165) is 10.9 Å². The molecular formula is C17H20N4O4. The highest BCUT2D eigenvalue weighted by molar-refractivity contribution is 6.04. The van der Waals surface area contributed by atoms with E-state index in [-0.39, 0.29) is 30.7 Å². The molecule has 25 heavy (non-hydrogen) atoms. The normalized spacial score (nSPS) is 15.3. The number of nitrogens with zero attached hydrogens (tertiary/aromatic N) is 2. The molecule has 2 heterocycles. The number of carboxylic acids is 1. The number of fused-ring (bicyclic) bond motifs is 1. The Labute approximate surface area is 144 Å². The summed E-state index contributed by atoms with van der Waals surface area (Å²) in [5.41, 5.74) is 1.09. The molecule has 0 radical (unpaired) electrons. The van der Waals surface area contributed by atoms with E-state index in [1.165, 1.54) is 0 Å². The van der Waals surface area contributed by atoms with Crippen LogP contribution in [-0.2, 0) is 9.59 Å². The number of aromatic amines is 1. The van der Waals surface area contributed by atoms with E-state index in [1.807, 2.05) is 24.3 Å². The van der Waals surface area contributed by atoms with Crippen molar-refractivity contribution >= 4 is 28.7 Å². The van der Waals surface area contributed by atoms with Gasteiger partial charge in [-0.15, -0.1) is 0 Å². The van der Waals surface area contributed by atoms with E-state index in [0.29, 0.717) is 31.6 Å². The van der Waals surface area contributed by atoms with Gasteiger partial charge >= 0.3 is 5.97 Å². The van der Waals surface area contributed by atoms with Gasteiger partial charge in [-0.05, 0) is 18.9 Å². The lowest BCUT2D eigenvalue weighted by molar-refractivity contribution is -0.145. The predicted molar refractivity (Wildman–Crippen MR) is 90.0 cm³/mol. The van der Waals surface area contributed by atoms with Crippen molar-refractivity contribution in [1.82, 2.24) is 20.4 Å². The summed E-state index contributed by atoms with van der Waals surface area (Å²) >= 11 is 0. The number of aromatic nitrogens is 2. The molecule has 132 valence electrons. The predicted octanol–water partition coefficient (Wildman–Crippen LogP) is 1.01. The number of likely N-dealkylation sites (tertiary alicyclic amines) is 1. The minimum atomic E-state index is -0.800. The van der Waals surface area contributed by atoms with Crippen molar-refractivity contribution in [2.45, 2.75) is 19.3 Å². The SMILES string of the molecule is O=C(NCCC(=O)N1CCC(C(=O)O)CC1)c1n[nH]c2ccccc12. The molecule has 0 spiro atoms. The average molecular weight is 344 g/mol. The van der Waals surface area contributed by atoms with Crippen LogP contribution in [0.2, 0.25) is 0 Å². The van der Waals surface area contributed by atoms with Gasteiger partial charge < -0.3 is 15.3 Å². The van der Waals surface area contributed by atoms with Gasteiger partial charge in [0.2, 0.25) is 5.91 Å². The van der Waals surface area contributed by atoms with E-state index >= 15 is 0 Å². The lowest BCUT2D eigenvalue weighted by Gasteiger charge is -2.30. The monoisotopic (exact) mass is 344 g/mol. The van der Waals surface area contributed by atoms with Crippen LogP contribution in [0.15, 0.2) is 24.3 Å². The first-order chi connectivity index (χ1) is 12.1. The molecule has 1 aliphatic heterocycles. The van der Waals surface area contributed by atoms with E-state index in [1.54, 1.807) is 4.90 Å². The third-order valence-corrected chi connectivity index (χ3v) is 4.51. The van der Waals surface area contributed by atoms with E-state index in [2.05, 4.69) is 15.5 Å². The summed E-state index contributed by atoms with van der Waals surface area (Å²) in [6.07, 6.45) is 1.14. The summed E-state index contributed by atoms with van der Waals surface area (Å²) < 4.78 is 0. The van der Waals surface area contributed by atoms with Crippen LogP contribution in [0.3, 0.4) is 0 Å². The molecule has 0 atom stereocenters. The lowest BCUT2D eigenvalue weighted by atomic mass is 9.97. The van der Waals surface area contributed by atoms with Crippen LogP contribution in [0, 0.1) is 5.92 Å². The van der Waals surface area contributed by atoms with Gasteiger partial charge in [-0.2, -0.15) is 5.10 Å². The second-order valence-electron chi connectivity index (χ2n) is 6.12. The Hall–Kier alpha value is -2.90. The number of carboxylic acid groups (broad SMARTS) is 1. The van der Waals surface area contributed by atoms with Gasteiger partial charge in [0.1, 0.15) is 0 Å². The quantitative estimate of drug-likeness (QED) is 0.748. The smallest absolute Gasteiger partial charge is 0.306 e. The summed E-state index contributed by atoms with van der Waals surface area (Å²) in [6, 6.07) is 7.34. The van der Waals surface area contributed by atoms with Crippen LogP contribution < -0.4 is 5.32 Å². The molecule has 0 saturated carbocycles. The summed E-state index contributed by atoms with van der Waals surface area (Å²) in [7, 11) is 0. The molecule has 0 aliphatic carbocycles. The molecule has 2 aromatic rings.